The van der Waals surface area contributed by atoms with Crippen molar-refractivity contribution < 1.29 is 31.8 Å². The van der Waals surface area contributed by atoms with E-state index in [1.54, 1.807) is 26.2 Å². The number of likely N-dealkylation sites (tertiary alicyclic amines) is 1. The van der Waals surface area contributed by atoms with E-state index in [1.807, 2.05) is 7.05 Å². The number of halogens is 4. The number of nitrogen functional groups attached to an aromatic ring is 1. The number of rotatable bonds is 9. The number of aromatic nitrogens is 2. The summed E-state index contributed by atoms with van der Waals surface area (Å²) in [5, 5.41) is 3.58. The number of methoxy groups -OCH3 is 2. The summed E-state index contributed by atoms with van der Waals surface area (Å²) in [5.74, 6) is 0.227. The molecule has 0 aliphatic carbocycles. The van der Waals surface area contributed by atoms with Crippen LogP contribution in [-0.2, 0) is 10.9 Å². The summed E-state index contributed by atoms with van der Waals surface area (Å²) in [4.78, 5) is 11.2. The van der Waals surface area contributed by atoms with Gasteiger partial charge in [-0.1, -0.05) is 0 Å². The molecule has 212 valence electrons. The zero-order chi connectivity index (χ0) is 28.5. The molecule has 4 rings (SSSR count). The summed E-state index contributed by atoms with van der Waals surface area (Å²) in [6.07, 6.45) is -2.96. The molecule has 2 atom stereocenters. The minimum Gasteiger partial charge on any atom is -0.493 e. The third kappa shape index (κ3) is 5.81. The van der Waals surface area contributed by atoms with Crippen LogP contribution in [0.3, 0.4) is 0 Å². The first-order valence-electron chi connectivity index (χ1n) is 12.5. The van der Waals surface area contributed by atoms with E-state index in [4.69, 9.17) is 19.9 Å². The maximum Gasteiger partial charge on any atom is 0.419 e. The largest absolute Gasteiger partial charge is 0.493 e. The van der Waals surface area contributed by atoms with Crippen molar-refractivity contribution in [3.63, 3.8) is 0 Å². The molecule has 0 bridgehead atoms. The number of ether oxygens (including phenoxy) is 3. The van der Waals surface area contributed by atoms with Gasteiger partial charge in [-0.3, -0.25) is 4.90 Å². The van der Waals surface area contributed by atoms with Gasteiger partial charge in [-0.05, 0) is 58.5 Å². The first-order chi connectivity index (χ1) is 18.4. The molecule has 2 aromatic carbocycles. The van der Waals surface area contributed by atoms with E-state index in [9.17, 15) is 17.6 Å². The zero-order valence-electron chi connectivity index (χ0n) is 22.6. The topological polar surface area (TPSA) is 94.8 Å². The summed E-state index contributed by atoms with van der Waals surface area (Å²) in [6, 6.07) is 4.29. The highest BCUT2D eigenvalue weighted by atomic mass is 19.4. The molecule has 0 spiro atoms. The fourth-order valence-electron chi connectivity index (χ4n) is 5.07. The van der Waals surface area contributed by atoms with Crippen molar-refractivity contribution >= 4 is 22.4 Å². The molecule has 2 heterocycles. The van der Waals surface area contributed by atoms with E-state index < -0.39 is 23.6 Å². The Morgan fingerprint density at radius 3 is 2.49 bits per heavy atom. The molecule has 1 saturated heterocycles. The molecule has 0 radical (unpaired) electrons. The molecule has 0 unspecified atom stereocenters. The van der Waals surface area contributed by atoms with Gasteiger partial charge in [-0.25, -0.2) is 14.4 Å². The number of hydrogen-bond acceptors (Lipinski definition) is 8. The quantitative estimate of drug-likeness (QED) is 0.272. The second-order valence-corrected chi connectivity index (χ2v) is 9.95. The molecular weight excluding hydrogens is 518 g/mol. The molecule has 1 aliphatic heterocycles. The Kier molecular flexibility index (Phi) is 8.08. The van der Waals surface area contributed by atoms with Crippen molar-refractivity contribution in [2.75, 3.05) is 52.1 Å². The van der Waals surface area contributed by atoms with Gasteiger partial charge in [-0.2, -0.15) is 13.2 Å². The van der Waals surface area contributed by atoms with Crippen molar-refractivity contribution in [1.82, 2.24) is 14.9 Å². The highest BCUT2D eigenvalue weighted by molar-refractivity contribution is 5.92. The van der Waals surface area contributed by atoms with Gasteiger partial charge >= 0.3 is 6.18 Å². The Bertz CT molecular complexity index is 1350. The van der Waals surface area contributed by atoms with Crippen LogP contribution in [0.15, 0.2) is 24.3 Å². The second kappa shape index (κ2) is 11.0. The van der Waals surface area contributed by atoms with Gasteiger partial charge in [0.2, 0.25) is 0 Å². The molecule has 3 aromatic rings. The van der Waals surface area contributed by atoms with Crippen molar-refractivity contribution in [3.8, 4) is 11.5 Å². The molecule has 1 aliphatic rings. The number of nitrogens with zero attached hydrogens (tertiary/aromatic N) is 3. The van der Waals surface area contributed by atoms with Gasteiger partial charge in [-0.15, -0.1) is 0 Å². The fourth-order valence-corrected chi connectivity index (χ4v) is 5.07. The van der Waals surface area contributed by atoms with E-state index in [-0.39, 0.29) is 16.8 Å². The number of fused-ring (bicyclic) bond motifs is 1. The maximum absolute atomic E-state index is 14.9. The van der Waals surface area contributed by atoms with Crippen LogP contribution in [0.4, 0.5) is 29.1 Å². The average Bonchev–Trinajstić information content (AvgIpc) is 3.22. The minimum absolute atomic E-state index is 0.196. The van der Waals surface area contributed by atoms with Crippen LogP contribution in [0, 0.1) is 12.7 Å². The second-order valence-electron chi connectivity index (χ2n) is 9.95. The summed E-state index contributed by atoms with van der Waals surface area (Å²) >= 11 is 0. The van der Waals surface area contributed by atoms with E-state index >= 15 is 0 Å². The van der Waals surface area contributed by atoms with Gasteiger partial charge in [0.05, 0.1) is 36.4 Å². The Morgan fingerprint density at radius 2 is 1.87 bits per heavy atom. The molecule has 3 N–H and O–H groups in total. The lowest BCUT2D eigenvalue weighted by molar-refractivity contribution is -0.140. The van der Waals surface area contributed by atoms with Gasteiger partial charge in [0.25, 0.3) is 0 Å². The third-order valence-electron chi connectivity index (χ3n) is 7.20. The number of benzene rings is 2. The lowest BCUT2D eigenvalue weighted by atomic mass is 9.99. The van der Waals surface area contributed by atoms with Crippen molar-refractivity contribution in [1.29, 1.82) is 0 Å². The van der Waals surface area contributed by atoms with Crippen molar-refractivity contribution in [2.45, 2.75) is 44.4 Å². The SMILES string of the molecule is COC[C@@]1(COc2cc3c(N[C@H](C)c4cc(N)cc(C(F)(F)F)c4F)nc(C)nc3cc2OC)CCCN1C. The predicted octanol–water partition coefficient (Wildman–Crippen LogP) is 5.35. The summed E-state index contributed by atoms with van der Waals surface area (Å²) < 4.78 is 72.4. The lowest BCUT2D eigenvalue weighted by Crippen LogP contribution is -2.50. The summed E-state index contributed by atoms with van der Waals surface area (Å²) in [5.41, 5.74) is 4.06. The number of nitrogens with one attached hydrogen (secondary N) is 1. The molecular formula is C27H33F4N5O3. The maximum atomic E-state index is 14.9. The molecule has 1 aromatic heterocycles. The van der Waals surface area contributed by atoms with Gasteiger partial charge < -0.3 is 25.3 Å². The average molecular weight is 552 g/mol. The van der Waals surface area contributed by atoms with Gasteiger partial charge in [0.15, 0.2) is 11.5 Å². The molecule has 0 saturated carbocycles. The van der Waals surface area contributed by atoms with Crippen LogP contribution in [0.5, 0.6) is 11.5 Å². The Morgan fingerprint density at radius 1 is 1.13 bits per heavy atom. The number of anilines is 2. The predicted molar refractivity (Wildman–Crippen MR) is 141 cm³/mol. The summed E-state index contributed by atoms with van der Waals surface area (Å²) in [6.45, 7) is 4.99. The first kappa shape index (κ1) is 28.6. The van der Waals surface area contributed by atoms with Crippen molar-refractivity contribution in [3.05, 3.63) is 47.0 Å². The van der Waals surface area contributed by atoms with Crippen LogP contribution in [0.25, 0.3) is 10.9 Å². The van der Waals surface area contributed by atoms with Crippen LogP contribution in [0.1, 0.15) is 42.8 Å². The number of alkyl halides is 3. The minimum atomic E-state index is -4.89. The highest BCUT2D eigenvalue weighted by Gasteiger charge is 2.40. The highest BCUT2D eigenvalue weighted by Crippen LogP contribution is 2.39. The van der Waals surface area contributed by atoms with E-state index in [2.05, 4.69) is 20.2 Å². The molecule has 1 fully saturated rings. The Balaban J connectivity index is 1.71. The van der Waals surface area contributed by atoms with Crippen LogP contribution in [-0.4, -0.2) is 61.4 Å². The van der Waals surface area contributed by atoms with E-state index in [1.165, 1.54) is 20.1 Å². The van der Waals surface area contributed by atoms with E-state index in [0.29, 0.717) is 53.3 Å². The number of hydrogen-bond donors (Lipinski definition) is 2. The van der Waals surface area contributed by atoms with Crippen LogP contribution in [0.2, 0.25) is 0 Å². The van der Waals surface area contributed by atoms with E-state index in [0.717, 1.165) is 19.4 Å². The third-order valence-corrected chi connectivity index (χ3v) is 7.20. The monoisotopic (exact) mass is 551 g/mol. The number of likely N-dealkylation sites (N-methyl/N-ethyl adjacent to an activating group) is 1. The molecule has 0 amide bonds. The number of nitrogens with two attached hydrogens (primary N) is 1. The Hall–Kier alpha value is -3.38. The van der Waals surface area contributed by atoms with Crippen LogP contribution >= 0.6 is 0 Å². The van der Waals surface area contributed by atoms with Crippen molar-refractivity contribution in [2.24, 2.45) is 0 Å². The van der Waals surface area contributed by atoms with Gasteiger partial charge in [0.1, 0.15) is 24.1 Å². The lowest BCUT2D eigenvalue weighted by Gasteiger charge is -2.35. The zero-order valence-corrected chi connectivity index (χ0v) is 22.6. The first-order valence-corrected chi connectivity index (χ1v) is 12.5. The van der Waals surface area contributed by atoms with Gasteiger partial charge in [0, 0.05) is 29.8 Å². The molecule has 12 heteroatoms. The smallest absolute Gasteiger partial charge is 0.419 e. The normalized spacial score (nSPS) is 18.9. The standard InChI is InChI=1S/C27H33F4N5O3/c1-15(18-9-17(32)10-20(24(18)28)27(29,30)31)33-25-19-11-23(22(38-5)12-21(19)34-16(2)35-25)39-14-26(13-37-4)7-6-8-36(26)3/h9-12,15H,6-8,13-14,32H2,1-5H3,(H,33,34,35)/t15-,26-/m1/s1. The molecule has 8 nitrogen and oxygen atoms in total. The molecule has 39 heavy (non-hydrogen) atoms. The Labute approximate surface area is 224 Å². The van der Waals surface area contributed by atoms with Crippen LogP contribution < -0.4 is 20.5 Å². The summed E-state index contributed by atoms with van der Waals surface area (Å²) in [7, 11) is 5.22. The fraction of sp³-hybridized carbons (Fsp3) is 0.481. The number of aryl methyl sites for hydroxylation is 1.